The minimum atomic E-state index is -3.74. The zero-order valence-electron chi connectivity index (χ0n) is 18.2. The van der Waals surface area contributed by atoms with E-state index in [0.717, 1.165) is 11.1 Å². The standard InChI is InChI=1S/C24H26ClNO5S/c1-29-21-9-11-22(12-10-21)32(27,28)26(17-19-4-7-20(25)8-5-19)15-14-18-6-13-23(30-2)24(16-18)31-3/h4-13,16H,14-15,17H2,1-3H3. The summed E-state index contributed by atoms with van der Waals surface area (Å²) in [4.78, 5) is 0.208. The van der Waals surface area contributed by atoms with Crippen molar-refractivity contribution < 1.29 is 22.6 Å². The molecule has 3 aromatic carbocycles. The zero-order valence-corrected chi connectivity index (χ0v) is 19.8. The van der Waals surface area contributed by atoms with Crippen molar-refractivity contribution in [3.63, 3.8) is 0 Å². The molecule has 0 fully saturated rings. The molecule has 0 saturated heterocycles. The van der Waals surface area contributed by atoms with E-state index < -0.39 is 10.0 Å². The van der Waals surface area contributed by atoms with Crippen molar-refractivity contribution in [2.24, 2.45) is 0 Å². The molecular formula is C24H26ClNO5S. The van der Waals surface area contributed by atoms with Gasteiger partial charge < -0.3 is 14.2 Å². The highest BCUT2D eigenvalue weighted by molar-refractivity contribution is 7.89. The van der Waals surface area contributed by atoms with Crippen LogP contribution in [-0.2, 0) is 23.0 Å². The van der Waals surface area contributed by atoms with Crippen molar-refractivity contribution in [2.45, 2.75) is 17.9 Å². The van der Waals surface area contributed by atoms with E-state index in [1.807, 2.05) is 30.3 Å². The second kappa shape index (κ2) is 10.7. The molecule has 0 radical (unpaired) electrons. The molecule has 0 aliphatic heterocycles. The van der Waals surface area contributed by atoms with Crippen molar-refractivity contribution >= 4 is 21.6 Å². The fourth-order valence-electron chi connectivity index (χ4n) is 3.26. The van der Waals surface area contributed by atoms with Crippen LogP contribution in [0.25, 0.3) is 0 Å². The van der Waals surface area contributed by atoms with Crippen molar-refractivity contribution in [3.8, 4) is 17.2 Å². The van der Waals surface area contributed by atoms with Crippen LogP contribution >= 0.6 is 11.6 Å². The molecule has 0 heterocycles. The summed E-state index contributed by atoms with van der Waals surface area (Å²) in [6.07, 6.45) is 0.503. The number of hydrogen-bond donors (Lipinski definition) is 0. The fraction of sp³-hybridized carbons (Fsp3) is 0.250. The number of rotatable bonds is 10. The van der Waals surface area contributed by atoms with Crippen LogP contribution in [0.1, 0.15) is 11.1 Å². The molecule has 0 saturated carbocycles. The minimum absolute atomic E-state index is 0.208. The topological polar surface area (TPSA) is 65.1 Å². The maximum atomic E-state index is 13.5. The first-order valence-electron chi connectivity index (χ1n) is 9.97. The van der Waals surface area contributed by atoms with Crippen molar-refractivity contribution in [2.75, 3.05) is 27.9 Å². The van der Waals surface area contributed by atoms with Gasteiger partial charge in [0.15, 0.2) is 11.5 Å². The summed E-state index contributed by atoms with van der Waals surface area (Å²) in [6.45, 7) is 0.505. The second-order valence-corrected chi connectivity index (χ2v) is 9.45. The summed E-state index contributed by atoms with van der Waals surface area (Å²) in [5.41, 5.74) is 1.78. The summed E-state index contributed by atoms with van der Waals surface area (Å²) in [7, 11) is 0.945. The van der Waals surface area contributed by atoms with Gasteiger partial charge in [-0.2, -0.15) is 4.31 Å². The average Bonchev–Trinajstić information content (AvgIpc) is 2.82. The third-order valence-corrected chi connectivity index (χ3v) is 7.18. The quantitative estimate of drug-likeness (QED) is 0.421. The molecule has 0 amide bonds. The Balaban J connectivity index is 1.88. The Labute approximate surface area is 194 Å². The van der Waals surface area contributed by atoms with Crippen LogP contribution in [0.3, 0.4) is 0 Å². The average molecular weight is 476 g/mol. The molecule has 3 rings (SSSR count). The molecule has 0 aromatic heterocycles. The van der Waals surface area contributed by atoms with Gasteiger partial charge in [0, 0.05) is 18.1 Å². The monoisotopic (exact) mass is 475 g/mol. The second-order valence-electron chi connectivity index (χ2n) is 7.08. The van der Waals surface area contributed by atoms with E-state index in [-0.39, 0.29) is 18.0 Å². The Morgan fingerprint density at radius 2 is 1.41 bits per heavy atom. The first kappa shape index (κ1) is 23.9. The number of halogens is 1. The summed E-state index contributed by atoms with van der Waals surface area (Å²) in [5.74, 6) is 1.82. The highest BCUT2D eigenvalue weighted by Crippen LogP contribution is 2.28. The predicted molar refractivity (Wildman–Crippen MR) is 125 cm³/mol. The van der Waals surface area contributed by atoms with Gasteiger partial charge in [0.25, 0.3) is 0 Å². The molecule has 170 valence electrons. The van der Waals surface area contributed by atoms with Crippen LogP contribution < -0.4 is 14.2 Å². The highest BCUT2D eigenvalue weighted by Gasteiger charge is 2.25. The van der Waals surface area contributed by atoms with Gasteiger partial charge in [-0.05, 0) is 66.1 Å². The number of benzene rings is 3. The first-order valence-corrected chi connectivity index (χ1v) is 11.8. The van der Waals surface area contributed by atoms with Gasteiger partial charge in [0.05, 0.1) is 26.2 Å². The molecular weight excluding hydrogens is 450 g/mol. The van der Waals surface area contributed by atoms with Crippen molar-refractivity contribution in [1.29, 1.82) is 0 Å². The van der Waals surface area contributed by atoms with E-state index in [4.69, 9.17) is 25.8 Å². The molecule has 0 N–H and O–H groups in total. The Kier molecular flexibility index (Phi) is 8.01. The van der Waals surface area contributed by atoms with Crippen LogP contribution in [0, 0.1) is 0 Å². The molecule has 32 heavy (non-hydrogen) atoms. The van der Waals surface area contributed by atoms with E-state index in [0.29, 0.717) is 28.7 Å². The van der Waals surface area contributed by atoms with Crippen LogP contribution in [0.2, 0.25) is 5.02 Å². The molecule has 0 aliphatic rings. The molecule has 3 aromatic rings. The molecule has 0 bridgehead atoms. The Bertz CT molecular complexity index is 1130. The van der Waals surface area contributed by atoms with E-state index in [1.165, 1.54) is 4.31 Å². The van der Waals surface area contributed by atoms with E-state index in [1.54, 1.807) is 57.7 Å². The van der Waals surface area contributed by atoms with Gasteiger partial charge in [0.1, 0.15) is 5.75 Å². The lowest BCUT2D eigenvalue weighted by molar-refractivity contribution is 0.354. The highest BCUT2D eigenvalue weighted by atomic mass is 35.5. The van der Waals surface area contributed by atoms with Crippen molar-refractivity contribution in [1.82, 2.24) is 4.31 Å². The van der Waals surface area contributed by atoms with Crippen LogP contribution in [-0.4, -0.2) is 40.6 Å². The van der Waals surface area contributed by atoms with Crippen LogP contribution in [0.15, 0.2) is 71.6 Å². The summed E-state index contributed by atoms with van der Waals surface area (Å²) < 4.78 is 44.2. The summed E-state index contributed by atoms with van der Waals surface area (Å²) in [6, 6.07) is 19.1. The third kappa shape index (κ3) is 5.73. The number of sulfonamides is 1. The lowest BCUT2D eigenvalue weighted by Gasteiger charge is -2.23. The van der Waals surface area contributed by atoms with Gasteiger partial charge >= 0.3 is 0 Å². The molecule has 0 unspecified atom stereocenters. The van der Waals surface area contributed by atoms with Crippen molar-refractivity contribution in [3.05, 3.63) is 82.9 Å². The normalized spacial score (nSPS) is 11.4. The molecule has 0 atom stereocenters. The van der Waals surface area contributed by atoms with E-state index in [9.17, 15) is 8.42 Å². The molecule has 0 aliphatic carbocycles. The van der Waals surface area contributed by atoms with Gasteiger partial charge in [0.2, 0.25) is 10.0 Å². The lowest BCUT2D eigenvalue weighted by Crippen LogP contribution is -2.32. The number of methoxy groups -OCH3 is 3. The maximum absolute atomic E-state index is 13.5. The smallest absolute Gasteiger partial charge is 0.243 e. The number of ether oxygens (including phenoxy) is 3. The predicted octanol–water partition coefficient (Wildman–Crippen LogP) is 4.80. The largest absolute Gasteiger partial charge is 0.497 e. The Morgan fingerprint density at radius 1 is 0.781 bits per heavy atom. The summed E-state index contributed by atoms with van der Waals surface area (Å²) in [5, 5.41) is 0.601. The third-order valence-electron chi connectivity index (χ3n) is 5.07. The van der Waals surface area contributed by atoms with Crippen LogP contribution in [0.5, 0.6) is 17.2 Å². The lowest BCUT2D eigenvalue weighted by atomic mass is 10.1. The molecule has 6 nitrogen and oxygen atoms in total. The van der Waals surface area contributed by atoms with Gasteiger partial charge in [-0.3, -0.25) is 0 Å². The zero-order chi connectivity index (χ0) is 23.1. The van der Waals surface area contributed by atoms with Gasteiger partial charge in [-0.1, -0.05) is 29.8 Å². The number of hydrogen-bond acceptors (Lipinski definition) is 5. The molecule has 8 heteroatoms. The van der Waals surface area contributed by atoms with E-state index in [2.05, 4.69) is 0 Å². The SMILES string of the molecule is COc1ccc(S(=O)(=O)N(CCc2ccc(OC)c(OC)c2)Cc2ccc(Cl)cc2)cc1. The maximum Gasteiger partial charge on any atom is 0.243 e. The molecule has 0 spiro atoms. The number of nitrogens with zero attached hydrogens (tertiary/aromatic N) is 1. The summed E-state index contributed by atoms with van der Waals surface area (Å²) >= 11 is 5.99. The Morgan fingerprint density at radius 3 is 2.00 bits per heavy atom. The Hall–Kier alpha value is -2.74. The first-order chi connectivity index (χ1) is 15.4. The minimum Gasteiger partial charge on any atom is -0.497 e. The fourth-order valence-corrected chi connectivity index (χ4v) is 4.82. The van der Waals surface area contributed by atoms with Gasteiger partial charge in [-0.25, -0.2) is 8.42 Å². The van der Waals surface area contributed by atoms with Gasteiger partial charge in [-0.15, -0.1) is 0 Å². The van der Waals surface area contributed by atoms with E-state index >= 15 is 0 Å². The van der Waals surface area contributed by atoms with Crippen LogP contribution in [0.4, 0.5) is 0 Å².